The Kier molecular flexibility index (Phi) is 6.56. The first kappa shape index (κ1) is 21.1. The fraction of sp³-hybridized carbons (Fsp3) is 0.400. The van der Waals surface area contributed by atoms with Gasteiger partial charge in [-0.3, -0.25) is 14.9 Å². The molecule has 0 saturated heterocycles. The van der Waals surface area contributed by atoms with E-state index in [0.29, 0.717) is 11.3 Å². The summed E-state index contributed by atoms with van der Waals surface area (Å²) in [6, 6.07) is 5.88. The van der Waals surface area contributed by atoms with Crippen molar-refractivity contribution in [1.29, 1.82) is 0 Å². The van der Waals surface area contributed by atoms with Crippen LogP contribution < -0.4 is 4.90 Å². The van der Waals surface area contributed by atoms with Crippen molar-refractivity contribution in [1.82, 2.24) is 4.57 Å². The molecule has 0 atom stereocenters. The van der Waals surface area contributed by atoms with E-state index in [1.807, 2.05) is 13.8 Å². The van der Waals surface area contributed by atoms with E-state index in [1.54, 1.807) is 25.1 Å². The Hall–Kier alpha value is -3.16. The van der Waals surface area contributed by atoms with Crippen molar-refractivity contribution in [2.75, 3.05) is 25.6 Å². The Bertz CT molecular complexity index is 915. The smallest absolute Gasteiger partial charge is 0.338 e. The number of carbonyl (C=O) groups is 2. The maximum atomic E-state index is 12.5. The number of aryl methyl sites for hydroxylation is 1. The van der Waals surface area contributed by atoms with Crippen molar-refractivity contribution >= 4 is 23.1 Å². The molecule has 1 aromatic heterocycles. The highest BCUT2D eigenvalue weighted by Gasteiger charge is 2.21. The van der Waals surface area contributed by atoms with E-state index in [-0.39, 0.29) is 17.0 Å². The number of nitrogens with zero attached hydrogens (tertiary/aromatic N) is 3. The lowest BCUT2D eigenvalue weighted by molar-refractivity contribution is -0.384. The van der Waals surface area contributed by atoms with Crippen LogP contribution in [0.3, 0.4) is 0 Å². The summed E-state index contributed by atoms with van der Waals surface area (Å²) in [5.41, 5.74) is 2.54. The maximum absolute atomic E-state index is 12.5. The minimum atomic E-state index is -0.774. The van der Waals surface area contributed by atoms with Crippen LogP contribution in [0.15, 0.2) is 24.3 Å². The van der Waals surface area contributed by atoms with E-state index in [9.17, 15) is 19.7 Å². The molecular weight excluding hydrogens is 362 g/mol. The van der Waals surface area contributed by atoms with Crippen LogP contribution in [0.2, 0.25) is 0 Å². The number of benzene rings is 1. The first-order chi connectivity index (χ1) is 13.2. The molecule has 150 valence electrons. The molecule has 0 aliphatic rings. The normalized spacial score (nSPS) is 10.6. The van der Waals surface area contributed by atoms with Gasteiger partial charge in [-0.1, -0.05) is 6.92 Å². The third-order valence-electron chi connectivity index (χ3n) is 4.55. The number of carbonyl (C=O) groups excluding carboxylic acids is 2. The SMILES string of the molecule is CCCn1c(C)cc(C(=O)COC(=O)c2ccc(N(C)C)c([N+](=O)[O-])c2)c1C. The van der Waals surface area contributed by atoms with Crippen LogP contribution in [0.4, 0.5) is 11.4 Å². The average Bonchev–Trinajstić information content (AvgIpc) is 2.93. The Balaban J connectivity index is 2.14. The second-order valence-electron chi connectivity index (χ2n) is 6.79. The molecule has 0 fully saturated rings. The summed E-state index contributed by atoms with van der Waals surface area (Å²) in [6.45, 7) is 6.24. The number of Topliss-reactive ketones (excluding diaryl/α,β-unsaturated/α-hetero) is 1. The predicted molar refractivity (Wildman–Crippen MR) is 106 cm³/mol. The van der Waals surface area contributed by atoms with Crippen LogP contribution in [-0.4, -0.2) is 41.9 Å². The molecule has 0 amide bonds. The molecule has 8 nitrogen and oxygen atoms in total. The van der Waals surface area contributed by atoms with Gasteiger partial charge in [0.05, 0.1) is 10.5 Å². The number of esters is 1. The number of ketones is 1. The summed E-state index contributed by atoms with van der Waals surface area (Å²) in [6.07, 6.45) is 0.945. The standard InChI is InChI=1S/C20H25N3O5/c1-6-9-22-13(2)10-16(14(22)3)19(24)12-28-20(25)15-7-8-17(21(4)5)18(11-15)23(26)27/h7-8,10-11H,6,9,12H2,1-5H3. The zero-order valence-corrected chi connectivity index (χ0v) is 16.8. The van der Waals surface area contributed by atoms with Gasteiger partial charge in [0.15, 0.2) is 6.61 Å². The number of nitro groups is 1. The Morgan fingerprint density at radius 3 is 2.46 bits per heavy atom. The minimum absolute atomic E-state index is 0.0292. The highest BCUT2D eigenvalue weighted by atomic mass is 16.6. The number of hydrogen-bond acceptors (Lipinski definition) is 6. The summed E-state index contributed by atoms with van der Waals surface area (Å²) < 4.78 is 7.16. The summed E-state index contributed by atoms with van der Waals surface area (Å²) in [5.74, 6) is -1.08. The van der Waals surface area contributed by atoms with Crippen molar-refractivity contribution in [3.63, 3.8) is 0 Å². The first-order valence-electron chi connectivity index (χ1n) is 9.00. The molecule has 2 aromatic rings. The van der Waals surface area contributed by atoms with Crippen LogP contribution in [-0.2, 0) is 11.3 Å². The number of hydrogen-bond donors (Lipinski definition) is 0. The Morgan fingerprint density at radius 1 is 1.21 bits per heavy atom. The van der Waals surface area contributed by atoms with Gasteiger partial charge in [-0.05, 0) is 38.5 Å². The Labute approximate surface area is 163 Å². The van der Waals surface area contributed by atoms with E-state index in [2.05, 4.69) is 11.5 Å². The summed E-state index contributed by atoms with van der Waals surface area (Å²) in [4.78, 5) is 37.0. The topological polar surface area (TPSA) is 94.7 Å². The average molecular weight is 387 g/mol. The number of aromatic nitrogens is 1. The summed E-state index contributed by atoms with van der Waals surface area (Å²) in [5, 5.41) is 11.2. The fourth-order valence-corrected chi connectivity index (χ4v) is 3.12. The largest absolute Gasteiger partial charge is 0.454 e. The monoisotopic (exact) mass is 387 g/mol. The van der Waals surface area contributed by atoms with Gasteiger partial charge in [0.2, 0.25) is 5.78 Å². The summed E-state index contributed by atoms with van der Waals surface area (Å²) in [7, 11) is 3.35. The lowest BCUT2D eigenvalue weighted by Gasteiger charge is -2.13. The van der Waals surface area contributed by atoms with E-state index >= 15 is 0 Å². The molecule has 2 rings (SSSR count). The van der Waals surface area contributed by atoms with E-state index in [4.69, 9.17) is 4.74 Å². The minimum Gasteiger partial charge on any atom is -0.454 e. The van der Waals surface area contributed by atoms with Gasteiger partial charge >= 0.3 is 5.97 Å². The van der Waals surface area contributed by atoms with Crippen molar-refractivity contribution in [2.24, 2.45) is 0 Å². The molecule has 1 aromatic carbocycles. The predicted octanol–water partition coefficient (Wildman–Crippen LogP) is 3.53. The molecule has 0 spiro atoms. The third-order valence-corrected chi connectivity index (χ3v) is 4.55. The van der Waals surface area contributed by atoms with Gasteiger partial charge in [-0.15, -0.1) is 0 Å². The highest BCUT2D eigenvalue weighted by molar-refractivity contribution is 6.00. The molecule has 0 saturated carbocycles. The molecule has 1 heterocycles. The van der Waals surface area contributed by atoms with Crippen molar-refractivity contribution < 1.29 is 19.2 Å². The van der Waals surface area contributed by atoms with Crippen LogP contribution in [0.5, 0.6) is 0 Å². The molecule has 0 unspecified atom stereocenters. The lowest BCUT2D eigenvalue weighted by Crippen LogP contribution is -2.16. The molecule has 0 radical (unpaired) electrons. The van der Waals surface area contributed by atoms with Gasteiger partial charge in [-0.2, -0.15) is 0 Å². The van der Waals surface area contributed by atoms with E-state index in [1.165, 1.54) is 12.1 Å². The molecule has 0 N–H and O–H groups in total. The first-order valence-corrected chi connectivity index (χ1v) is 9.00. The number of anilines is 1. The van der Waals surface area contributed by atoms with E-state index < -0.39 is 17.5 Å². The second kappa shape index (κ2) is 8.69. The van der Waals surface area contributed by atoms with Gasteiger partial charge < -0.3 is 14.2 Å². The fourth-order valence-electron chi connectivity index (χ4n) is 3.12. The molecular formula is C20H25N3O5. The van der Waals surface area contributed by atoms with E-state index in [0.717, 1.165) is 30.4 Å². The second-order valence-corrected chi connectivity index (χ2v) is 6.79. The maximum Gasteiger partial charge on any atom is 0.338 e. The number of ether oxygens (including phenoxy) is 1. The molecule has 0 aliphatic carbocycles. The Morgan fingerprint density at radius 2 is 1.89 bits per heavy atom. The van der Waals surface area contributed by atoms with Crippen LogP contribution >= 0.6 is 0 Å². The quantitative estimate of drug-likeness (QED) is 0.298. The molecule has 0 bridgehead atoms. The van der Waals surface area contributed by atoms with Crippen molar-refractivity contribution in [3.8, 4) is 0 Å². The van der Waals surface area contributed by atoms with Crippen LogP contribution in [0.1, 0.15) is 45.4 Å². The molecule has 8 heteroatoms. The zero-order valence-electron chi connectivity index (χ0n) is 16.8. The third kappa shape index (κ3) is 4.39. The van der Waals surface area contributed by atoms with Crippen molar-refractivity contribution in [3.05, 3.63) is 56.9 Å². The summed E-state index contributed by atoms with van der Waals surface area (Å²) >= 11 is 0. The number of rotatable bonds is 8. The number of nitro benzene ring substituents is 1. The van der Waals surface area contributed by atoms with Gasteiger partial charge in [0, 0.05) is 43.7 Å². The lowest BCUT2D eigenvalue weighted by atomic mass is 10.1. The van der Waals surface area contributed by atoms with Crippen LogP contribution in [0.25, 0.3) is 0 Å². The highest BCUT2D eigenvalue weighted by Crippen LogP contribution is 2.28. The van der Waals surface area contributed by atoms with Crippen molar-refractivity contribution in [2.45, 2.75) is 33.7 Å². The van der Waals surface area contributed by atoms with Gasteiger partial charge in [-0.25, -0.2) is 4.79 Å². The molecule has 0 aliphatic heterocycles. The van der Waals surface area contributed by atoms with Crippen LogP contribution in [0, 0.1) is 24.0 Å². The zero-order chi connectivity index (χ0) is 21.0. The van der Waals surface area contributed by atoms with Gasteiger partial charge in [0.25, 0.3) is 5.69 Å². The molecule has 28 heavy (non-hydrogen) atoms. The van der Waals surface area contributed by atoms with Gasteiger partial charge in [0.1, 0.15) is 5.69 Å².